The summed E-state index contributed by atoms with van der Waals surface area (Å²) in [6.07, 6.45) is 0. The number of halogens is 1. The second-order valence-electron chi connectivity index (χ2n) is 4.74. The molecule has 0 unspecified atom stereocenters. The maximum atomic E-state index is 13.8. The van der Waals surface area contributed by atoms with Crippen LogP contribution in [-0.4, -0.2) is 29.4 Å². The summed E-state index contributed by atoms with van der Waals surface area (Å²) >= 11 is 1.21. The molecule has 0 aromatic heterocycles. The molecule has 4 nitrogen and oxygen atoms in total. The van der Waals surface area contributed by atoms with E-state index in [0.29, 0.717) is 11.4 Å². The van der Waals surface area contributed by atoms with E-state index in [4.69, 9.17) is 0 Å². The summed E-state index contributed by atoms with van der Waals surface area (Å²) in [7, 11) is 1.44. The standard InChI is InChI=1S/C14H19FN2O2S/c1-5-20-13(19)14(2,3)17-9-6-7-10(11(15)8-9)12(18)16-4/h6-8,17H,5H2,1-4H3,(H,16,18). The van der Waals surface area contributed by atoms with Crippen molar-refractivity contribution in [1.82, 2.24) is 5.32 Å². The molecule has 0 aliphatic heterocycles. The van der Waals surface area contributed by atoms with Gasteiger partial charge in [0.1, 0.15) is 11.4 Å². The van der Waals surface area contributed by atoms with Gasteiger partial charge in [-0.15, -0.1) is 0 Å². The Labute approximate surface area is 122 Å². The van der Waals surface area contributed by atoms with Crippen LogP contribution in [-0.2, 0) is 4.79 Å². The molecule has 0 aliphatic carbocycles. The third-order valence-electron chi connectivity index (χ3n) is 2.68. The molecule has 0 radical (unpaired) electrons. The summed E-state index contributed by atoms with van der Waals surface area (Å²) in [6.45, 7) is 5.38. The molecule has 0 saturated carbocycles. The molecule has 0 atom stereocenters. The van der Waals surface area contributed by atoms with Gasteiger partial charge in [0.05, 0.1) is 5.56 Å². The Balaban J connectivity index is 2.92. The first kappa shape index (κ1) is 16.5. The smallest absolute Gasteiger partial charge is 0.253 e. The minimum atomic E-state index is -0.804. The lowest BCUT2D eigenvalue weighted by Gasteiger charge is -2.25. The number of nitrogens with one attached hydrogen (secondary N) is 2. The molecule has 0 saturated heterocycles. The van der Waals surface area contributed by atoms with Crippen LogP contribution < -0.4 is 10.6 Å². The van der Waals surface area contributed by atoms with Crippen molar-refractivity contribution in [2.45, 2.75) is 26.3 Å². The van der Waals surface area contributed by atoms with E-state index in [1.165, 1.54) is 30.9 Å². The summed E-state index contributed by atoms with van der Waals surface area (Å²) in [5.41, 5.74) is -0.364. The maximum absolute atomic E-state index is 13.8. The van der Waals surface area contributed by atoms with Crippen LogP contribution in [0.3, 0.4) is 0 Å². The van der Waals surface area contributed by atoms with Crippen molar-refractivity contribution in [3.8, 4) is 0 Å². The van der Waals surface area contributed by atoms with Crippen molar-refractivity contribution >= 4 is 28.5 Å². The van der Waals surface area contributed by atoms with Crippen LogP contribution in [0.5, 0.6) is 0 Å². The van der Waals surface area contributed by atoms with Crippen molar-refractivity contribution in [3.63, 3.8) is 0 Å². The molecule has 110 valence electrons. The average molecular weight is 298 g/mol. The molecule has 0 aliphatic rings. The van der Waals surface area contributed by atoms with Gasteiger partial charge in [0.15, 0.2) is 0 Å². The largest absolute Gasteiger partial charge is 0.372 e. The zero-order valence-corrected chi connectivity index (χ0v) is 12.9. The highest BCUT2D eigenvalue weighted by Gasteiger charge is 2.27. The van der Waals surface area contributed by atoms with Gasteiger partial charge in [-0.25, -0.2) is 4.39 Å². The van der Waals surface area contributed by atoms with Gasteiger partial charge in [-0.05, 0) is 37.8 Å². The number of hydrogen-bond donors (Lipinski definition) is 2. The van der Waals surface area contributed by atoms with Crippen LogP contribution in [0, 0.1) is 5.82 Å². The first-order valence-corrected chi connectivity index (χ1v) is 7.27. The average Bonchev–Trinajstić information content (AvgIpc) is 2.38. The minimum Gasteiger partial charge on any atom is -0.372 e. The Bertz CT molecular complexity index is 518. The zero-order chi connectivity index (χ0) is 15.3. The summed E-state index contributed by atoms with van der Waals surface area (Å²) in [6, 6.07) is 4.19. The Morgan fingerprint density at radius 3 is 2.50 bits per heavy atom. The fraction of sp³-hybridized carbons (Fsp3) is 0.429. The first-order chi connectivity index (χ1) is 9.31. The first-order valence-electron chi connectivity index (χ1n) is 6.29. The fourth-order valence-corrected chi connectivity index (χ4v) is 2.31. The van der Waals surface area contributed by atoms with Gasteiger partial charge < -0.3 is 10.6 Å². The summed E-state index contributed by atoms with van der Waals surface area (Å²) in [5, 5.41) is 5.34. The lowest BCUT2D eigenvalue weighted by Crippen LogP contribution is -2.38. The fourth-order valence-electron chi connectivity index (χ4n) is 1.64. The lowest BCUT2D eigenvalue weighted by molar-refractivity contribution is -0.113. The molecule has 0 bridgehead atoms. The van der Waals surface area contributed by atoms with Gasteiger partial charge in [0.25, 0.3) is 5.91 Å². The second kappa shape index (κ2) is 6.74. The molecular weight excluding hydrogens is 279 g/mol. The molecule has 1 amide bonds. The highest BCUT2D eigenvalue weighted by molar-refractivity contribution is 8.13. The van der Waals surface area contributed by atoms with Gasteiger partial charge in [-0.1, -0.05) is 18.7 Å². The molecular formula is C14H19FN2O2S. The van der Waals surface area contributed by atoms with Gasteiger partial charge >= 0.3 is 0 Å². The number of rotatable bonds is 5. The van der Waals surface area contributed by atoms with Gasteiger partial charge in [-0.2, -0.15) is 0 Å². The molecule has 1 rings (SSSR count). The van der Waals surface area contributed by atoms with Gasteiger partial charge in [-0.3, -0.25) is 9.59 Å². The number of hydrogen-bond acceptors (Lipinski definition) is 4. The molecule has 2 N–H and O–H groups in total. The topological polar surface area (TPSA) is 58.2 Å². The van der Waals surface area contributed by atoms with Crippen LogP contribution in [0.15, 0.2) is 18.2 Å². The number of benzene rings is 1. The lowest BCUT2D eigenvalue weighted by atomic mass is 10.1. The third-order valence-corrected chi connectivity index (χ3v) is 3.74. The monoisotopic (exact) mass is 298 g/mol. The Hall–Kier alpha value is -1.56. The highest BCUT2D eigenvalue weighted by atomic mass is 32.2. The summed E-state index contributed by atoms with van der Waals surface area (Å²) in [4.78, 5) is 23.3. The Kier molecular flexibility index (Phi) is 5.56. The molecule has 0 heterocycles. The maximum Gasteiger partial charge on any atom is 0.253 e. The number of carbonyl (C=O) groups is 2. The van der Waals surface area contributed by atoms with Crippen LogP contribution in [0.4, 0.5) is 10.1 Å². The van der Waals surface area contributed by atoms with E-state index in [9.17, 15) is 14.0 Å². The van der Waals surface area contributed by atoms with Crippen LogP contribution in [0.2, 0.25) is 0 Å². The second-order valence-corrected chi connectivity index (χ2v) is 5.98. The quantitative estimate of drug-likeness (QED) is 0.877. The normalized spacial score (nSPS) is 11.1. The van der Waals surface area contributed by atoms with Crippen molar-refractivity contribution in [2.75, 3.05) is 18.1 Å². The molecule has 6 heteroatoms. The van der Waals surface area contributed by atoms with E-state index in [1.807, 2.05) is 6.92 Å². The van der Waals surface area contributed by atoms with E-state index in [1.54, 1.807) is 19.9 Å². The van der Waals surface area contributed by atoms with E-state index >= 15 is 0 Å². The number of carbonyl (C=O) groups excluding carboxylic acids is 2. The molecule has 1 aromatic rings. The summed E-state index contributed by atoms with van der Waals surface area (Å²) in [5.74, 6) is -0.417. The van der Waals surface area contributed by atoms with Crippen LogP contribution in [0.1, 0.15) is 31.1 Å². The molecule has 1 aromatic carbocycles. The van der Waals surface area contributed by atoms with Crippen LogP contribution in [0.25, 0.3) is 0 Å². The van der Waals surface area contributed by atoms with Gasteiger partial charge in [0.2, 0.25) is 5.12 Å². The van der Waals surface area contributed by atoms with E-state index in [-0.39, 0.29) is 10.7 Å². The minimum absolute atomic E-state index is 0.0178. The van der Waals surface area contributed by atoms with Gasteiger partial charge in [0, 0.05) is 12.7 Å². The zero-order valence-electron chi connectivity index (χ0n) is 12.0. The predicted molar refractivity (Wildman–Crippen MR) is 80.6 cm³/mol. The molecule has 0 spiro atoms. The SMILES string of the molecule is CCSC(=O)C(C)(C)Nc1ccc(C(=O)NC)c(F)c1. The Morgan fingerprint density at radius 1 is 1.35 bits per heavy atom. The Morgan fingerprint density at radius 2 is 2.00 bits per heavy atom. The number of anilines is 1. The van der Waals surface area contributed by atoms with Crippen molar-refractivity contribution in [2.24, 2.45) is 0 Å². The highest BCUT2D eigenvalue weighted by Crippen LogP contribution is 2.22. The van der Waals surface area contributed by atoms with Crippen molar-refractivity contribution < 1.29 is 14.0 Å². The third kappa shape index (κ3) is 3.96. The van der Waals surface area contributed by atoms with E-state index < -0.39 is 17.3 Å². The summed E-state index contributed by atoms with van der Waals surface area (Å²) < 4.78 is 13.8. The van der Waals surface area contributed by atoms with E-state index in [0.717, 1.165) is 0 Å². The predicted octanol–water partition coefficient (Wildman–Crippen LogP) is 2.66. The van der Waals surface area contributed by atoms with Crippen LogP contribution >= 0.6 is 11.8 Å². The van der Waals surface area contributed by atoms with E-state index in [2.05, 4.69) is 10.6 Å². The molecule has 20 heavy (non-hydrogen) atoms. The number of amides is 1. The number of thioether (sulfide) groups is 1. The molecule has 0 fully saturated rings. The van der Waals surface area contributed by atoms with Crippen molar-refractivity contribution in [1.29, 1.82) is 0 Å². The van der Waals surface area contributed by atoms with Crippen molar-refractivity contribution in [3.05, 3.63) is 29.6 Å².